The molecule has 3 aromatic heterocycles. The summed E-state index contributed by atoms with van der Waals surface area (Å²) in [5.41, 5.74) is 2.63. The Labute approximate surface area is 253 Å². The molecule has 12 heteroatoms. The second-order valence-corrected chi connectivity index (χ2v) is 12.1. The molecule has 2 fully saturated rings. The fraction of sp³-hybridized carbons (Fsp3) is 0.469. The molecule has 232 valence electrons. The first kappa shape index (κ1) is 29.8. The highest BCUT2D eigenvalue weighted by atomic mass is 19.4. The van der Waals surface area contributed by atoms with Gasteiger partial charge in [-0.05, 0) is 42.9 Å². The molecule has 0 radical (unpaired) electrons. The van der Waals surface area contributed by atoms with E-state index in [0.717, 1.165) is 35.1 Å². The number of amides is 2. The van der Waals surface area contributed by atoms with Crippen LogP contribution in [0.3, 0.4) is 0 Å². The van der Waals surface area contributed by atoms with Gasteiger partial charge in [0.2, 0.25) is 5.91 Å². The van der Waals surface area contributed by atoms with Gasteiger partial charge < -0.3 is 9.80 Å². The summed E-state index contributed by atoms with van der Waals surface area (Å²) in [6.07, 6.45) is 6.01. The molecule has 2 amide bonds. The van der Waals surface area contributed by atoms with Gasteiger partial charge in [0.05, 0.1) is 23.1 Å². The number of hydrogen-bond donors (Lipinski definition) is 0. The molecule has 44 heavy (non-hydrogen) atoms. The number of carbonyl (C=O) groups excluding carboxylic acids is 2. The van der Waals surface area contributed by atoms with Gasteiger partial charge in [0.1, 0.15) is 0 Å². The molecule has 6 rings (SSSR count). The van der Waals surface area contributed by atoms with E-state index in [0.29, 0.717) is 55.4 Å². The summed E-state index contributed by atoms with van der Waals surface area (Å²) in [5.74, 6) is 0.696. The van der Waals surface area contributed by atoms with Crippen molar-refractivity contribution in [2.45, 2.75) is 52.1 Å². The van der Waals surface area contributed by atoms with Crippen LogP contribution in [0.2, 0.25) is 0 Å². The third-order valence-electron chi connectivity index (χ3n) is 9.07. The van der Waals surface area contributed by atoms with Crippen LogP contribution >= 0.6 is 0 Å². The molecule has 1 saturated heterocycles. The van der Waals surface area contributed by atoms with Crippen molar-refractivity contribution >= 4 is 17.5 Å². The molecule has 1 aromatic carbocycles. The highest BCUT2D eigenvalue weighted by Gasteiger charge is 2.38. The minimum atomic E-state index is -4.61. The summed E-state index contributed by atoms with van der Waals surface area (Å²) in [4.78, 5) is 39.2. The summed E-state index contributed by atoms with van der Waals surface area (Å²) < 4.78 is 43.7. The Hall–Kier alpha value is -4.22. The van der Waals surface area contributed by atoms with Crippen molar-refractivity contribution in [3.63, 3.8) is 0 Å². The van der Waals surface area contributed by atoms with E-state index >= 15 is 0 Å². The van der Waals surface area contributed by atoms with Crippen molar-refractivity contribution in [2.75, 3.05) is 26.2 Å². The number of alkyl halides is 3. The van der Waals surface area contributed by atoms with Gasteiger partial charge in [0.15, 0.2) is 11.3 Å². The number of benzene rings is 1. The van der Waals surface area contributed by atoms with Gasteiger partial charge in [-0.2, -0.15) is 18.3 Å². The number of piperazine rings is 1. The SMILES string of the molecule is Cc1cc(Cc2nccn3c(-c4cn(C)nc4C(F)(F)F)cnc23)ccc1C(=O)N1CCN(C(=O)[C@@H]2CCCC[C@H]2C)CC1. The topological polar surface area (TPSA) is 88.6 Å². The fourth-order valence-corrected chi connectivity index (χ4v) is 6.67. The largest absolute Gasteiger partial charge is 0.435 e. The van der Waals surface area contributed by atoms with Gasteiger partial charge in [-0.1, -0.05) is 31.9 Å². The van der Waals surface area contributed by atoms with E-state index in [4.69, 9.17) is 0 Å². The maximum Gasteiger partial charge on any atom is 0.435 e. The van der Waals surface area contributed by atoms with Crippen LogP contribution in [0, 0.1) is 18.8 Å². The normalized spacial score (nSPS) is 19.5. The number of aryl methyl sites for hydroxylation is 2. The average molecular weight is 608 g/mol. The van der Waals surface area contributed by atoms with E-state index in [2.05, 4.69) is 22.0 Å². The van der Waals surface area contributed by atoms with Crippen LogP contribution in [-0.4, -0.2) is 71.9 Å². The van der Waals surface area contributed by atoms with Crippen LogP contribution < -0.4 is 0 Å². The Morgan fingerprint density at radius 1 is 1.02 bits per heavy atom. The summed E-state index contributed by atoms with van der Waals surface area (Å²) in [6.45, 7) is 6.19. The Bertz CT molecular complexity index is 1700. The molecule has 0 bridgehead atoms. The molecular weight excluding hydrogens is 571 g/mol. The first-order chi connectivity index (χ1) is 21.0. The second-order valence-electron chi connectivity index (χ2n) is 12.1. The molecule has 0 unspecified atom stereocenters. The van der Waals surface area contributed by atoms with E-state index in [1.165, 1.54) is 25.9 Å². The van der Waals surface area contributed by atoms with Crippen LogP contribution in [0.25, 0.3) is 16.9 Å². The third-order valence-corrected chi connectivity index (χ3v) is 9.07. The Morgan fingerprint density at radius 2 is 1.75 bits per heavy atom. The predicted octanol–water partition coefficient (Wildman–Crippen LogP) is 5.16. The molecule has 9 nitrogen and oxygen atoms in total. The maximum atomic E-state index is 13.6. The lowest BCUT2D eigenvalue weighted by Gasteiger charge is -2.38. The first-order valence-electron chi connectivity index (χ1n) is 15.1. The predicted molar refractivity (Wildman–Crippen MR) is 158 cm³/mol. The number of carbonyl (C=O) groups is 2. The molecule has 0 N–H and O–H groups in total. The standard InChI is InChI=1S/C32H36F3N7O2/c1-20-6-4-5-7-23(20)30(43)40-12-14-41(15-13-40)31(44)24-9-8-22(16-21(24)2)17-26-29-37-18-27(42(29)11-10-36-26)25-19-39(3)38-28(25)32(33,34)35/h8-11,16,18-20,23H,4-7,12-15,17H2,1-3H3/t20-,23-/m1/s1. The minimum Gasteiger partial charge on any atom is -0.339 e. The molecule has 1 saturated carbocycles. The average Bonchev–Trinajstić information content (AvgIpc) is 3.61. The van der Waals surface area contributed by atoms with Crippen LogP contribution in [0.4, 0.5) is 13.2 Å². The van der Waals surface area contributed by atoms with Crippen molar-refractivity contribution < 1.29 is 22.8 Å². The van der Waals surface area contributed by atoms with Gasteiger partial charge in [-0.3, -0.25) is 23.7 Å². The van der Waals surface area contributed by atoms with E-state index < -0.39 is 11.9 Å². The molecule has 4 heterocycles. The number of halogens is 3. The second kappa shape index (κ2) is 11.7. The van der Waals surface area contributed by atoms with Crippen LogP contribution in [0.5, 0.6) is 0 Å². The summed E-state index contributed by atoms with van der Waals surface area (Å²) in [6, 6.07) is 5.63. The van der Waals surface area contributed by atoms with Crippen LogP contribution in [0.1, 0.15) is 65.5 Å². The first-order valence-corrected chi connectivity index (χ1v) is 15.1. The summed E-state index contributed by atoms with van der Waals surface area (Å²) >= 11 is 0. The Balaban J connectivity index is 1.15. The quantitative estimate of drug-likeness (QED) is 0.313. The van der Waals surface area contributed by atoms with Gasteiger partial charge in [-0.25, -0.2) is 4.98 Å². The lowest BCUT2D eigenvalue weighted by molar-refractivity contribution is -0.141. The summed E-state index contributed by atoms with van der Waals surface area (Å²) in [7, 11) is 1.45. The lowest BCUT2D eigenvalue weighted by Crippen LogP contribution is -2.52. The monoisotopic (exact) mass is 607 g/mol. The van der Waals surface area contributed by atoms with Gasteiger partial charge in [0.25, 0.3) is 5.91 Å². The maximum absolute atomic E-state index is 13.6. The molecular formula is C32H36F3N7O2. The van der Waals surface area contributed by atoms with Crippen molar-refractivity contribution in [3.05, 3.63) is 71.1 Å². The van der Waals surface area contributed by atoms with E-state index in [1.807, 2.05) is 34.9 Å². The van der Waals surface area contributed by atoms with Crippen LogP contribution in [0.15, 0.2) is 43.0 Å². The van der Waals surface area contributed by atoms with Gasteiger partial charge in [-0.15, -0.1) is 0 Å². The molecule has 0 spiro atoms. The van der Waals surface area contributed by atoms with E-state index in [9.17, 15) is 22.8 Å². The smallest absolute Gasteiger partial charge is 0.339 e. The molecule has 2 atom stereocenters. The highest BCUT2D eigenvalue weighted by Crippen LogP contribution is 2.36. The number of aromatic nitrogens is 5. The molecule has 1 aliphatic heterocycles. The van der Waals surface area contributed by atoms with E-state index in [1.54, 1.807) is 16.8 Å². The Morgan fingerprint density at radius 3 is 2.45 bits per heavy atom. The fourth-order valence-electron chi connectivity index (χ4n) is 6.67. The molecule has 2 aliphatic rings. The lowest BCUT2D eigenvalue weighted by atomic mass is 9.79. The zero-order chi connectivity index (χ0) is 31.2. The van der Waals surface area contributed by atoms with E-state index in [-0.39, 0.29) is 29.0 Å². The number of hydrogen-bond acceptors (Lipinski definition) is 5. The number of imidazole rings is 1. The number of rotatable bonds is 5. The van der Waals surface area contributed by atoms with Gasteiger partial charge in [0, 0.05) is 69.7 Å². The van der Waals surface area contributed by atoms with Crippen molar-refractivity contribution in [2.24, 2.45) is 18.9 Å². The van der Waals surface area contributed by atoms with Crippen molar-refractivity contribution in [1.82, 2.24) is 33.9 Å². The zero-order valence-electron chi connectivity index (χ0n) is 25.1. The number of fused-ring (bicyclic) bond motifs is 1. The molecule has 4 aromatic rings. The molecule has 1 aliphatic carbocycles. The zero-order valence-corrected chi connectivity index (χ0v) is 25.1. The highest BCUT2D eigenvalue weighted by molar-refractivity contribution is 5.96. The number of nitrogens with zero attached hydrogens (tertiary/aromatic N) is 7. The van der Waals surface area contributed by atoms with Crippen molar-refractivity contribution in [3.8, 4) is 11.3 Å². The van der Waals surface area contributed by atoms with Gasteiger partial charge >= 0.3 is 6.18 Å². The van der Waals surface area contributed by atoms with Crippen LogP contribution in [-0.2, 0) is 24.4 Å². The summed E-state index contributed by atoms with van der Waals surface area (Å²) in [5, 5.41) is 3.62. The Kier molecular flexibility index (Phi) is 7.93. The van der Waals surface area contributed by atoms with Crippen molar-refractivity contribution in [1.29, 1.82) is 0 Å². The minimum absolute atomic E-state index is 0.0535. The third kappa shape index (κ3) is 5.69.